The first-order chi connectivity index (χ1) is 10.8. The molecule has 23 heavy (non-hydrogen) atoms. The van der Waals surface area contributed by atoms with Crippen LogP contribution in [0.25, 0.3) is 5.69 Å². The summed E-state index contributed by atoms with van der Waals surface area (Å²) in [5.74, 6) is -1.30. The summed E-state index contributed by atoms with van der Waals surface area (Å²) in [6.45, 7) is 0. The fourth-order valence-electron chi connectivity index (χ4n) is 1.95. The normalized spacial score (nSPS) is 10.9. The lowest BCUT2D eigenvalue weighted by Crippen LogP contribution is -2.17. The van der Waals surface area contributed by atoms with E-state index in [1.807, 2.05) is 0 Å². The molecule has 0 saturated heterocycles. The molecule has 0 unspecified atom stereocenters. The minimum absolute atomic E-state index is 0.00690. The third kappa shape index (κ3) is 3.37. The van der Waals surface area contributed by atoms with E-state index in [1.54, 1.807) is 6.07 Å². The predicted molar refractivity (Wildman–Crippen MR) is 72.9 cm³/mol. The van der Waals surface area contributed by atoms with Crippen LogP contribution in [-0.4, -0.2) is 24.0 Å². The number of anilines is 1. The lowest BCUT2D eigenvalue weighted by molar-refractivity contribution is -0.274. The Morgan fingerprint density at radius 3 is 2.65 bits per heavy atom. The molecule has 0 saturated carbocycles. The van der Waals surface area contributed by atoms with Crippen molar-refractivity contribution in [2.45, 2.75) is 6.36 Å². The number of ether oxygens (including phenoxy) is 2. The Kier molecular flexibility index (Phi) is 4.18. The second-order valence-corrected chi connectivity index (χ2v) is 4.32. The third-order valence-corrected chi connectivity index (χ3v) is 2.87. The zero-order chi connectivity index (χ0) is 17.2. The number of rotatable bonds is 3. The molecule has 1 heterocycles. The number of methoxy groups -OCH3 is 1. The molecule has 0 radical (unpaired) electrons. The number of nitrogen functional groups attached to an aromatic ring is 1. The van der Waals surface area contributed by atoms with Crippen LogP contribution in [0.5, 0.6) is 5.75 Å². The summed E-state index contributed by atoms with van der Waals surface area (Å²) >= 11 is 0. The van der Waals surface area contributed by atoms with Gasteiger partial charge in [0.05, 0.1) is 18.4 Å². The summed E-state index contributed by atoms with van der Waals surface area (Å²) in [6.07, 6.45) is -3.62. The van der Waals surface area contributed by atoms with E-state index in [0.717, 1.165) is 19.2 Å². The Bertz CT molecular complexity index is 791. The molecule has 1 aromatic heterocycles. The number of hydrogen-bond donors (Lipinski definition) is 1. The Morgan fingerprint density at radius 2 is 2.09 bits per heavy atom. The summed E-state index contributed by atoms with van der Waals surface area (Å²) in [5.41, 5.74) is 5.58. The van der Waals surface area contributed by atoms with Crippen LogP contribution < -0.4 is 10.5 Å². The molecule has 0 aliphatic rings. The molecular formula is C14H10F3N3O3. The van der Waals surface area contributed by atoms with Crippen molar-refractivity contribution in [1.82, 2.24) is 4.57 Å². The standard InChI is InChI=1S/C14H10F3N3O3/c1-22-13(21)12-11(19)8(6-18)7-20(12)9-3-2-4-10(5-9)23-14(15,16)17/h2-5,7H,19H2,1H3. The SMILES string of the molecule is COC(=O)c1c(N)c(C#N)cn1-c1cccc(OC(F)(F)F)c1. The molecular weight excluding hydrogens is 315 g/mol. The third-order valence-electron chi connectivity index (χ3n) is 2.87. The van der Waals surface area contributed by atoms with Gasteiger partial charge in [-0.05, 0) is 12.1 Å². The largest absolute Gasteiger partial charge is 0.573 e. The highest BCUT2D eigenvalue weighted by atomic mass is 19.4. The molecule has 1 aromatic carbocycles. The van der Waals surface area contributed by atoms with Gasteiger partial charge < -0.3 is 19.8 Å². The second kappa shape index (κ2) is 5.92. The maximum Gasteiger partial charge on any atom is 0.573 e. The number of nitrogens with zero attached hydrogens (tertiary/aromatic N) is 2. The number of aromatic nitrogens is 1. The van der Waals surface area contributed by atoms with Gasteiger partial charge in [-0.3, -0.25) is 0 Å². The van der Waals surface area contributed by atoms with Crippen LogP contribution in [0.4, 0.5) is 18.9 Å². The number of carbonyl (C=O) groups is 1. The Balaban J connectivity index is 2.56. The van der Waals surface area contributed by atoms with E-state index in [2.05, 4.69) is 9.47 Å². The first-order valence-electron chi connectivity index (χ1n) is 6.12. The van der Waals surface area contributed by atoms with Crippen molar-refractivity contribution in [2.75, 3.05) is 12.8 Å². The minimum Gasteiger partial charge on any atom is -0.464 e. The molecule has 0 fully saturated rings. The molecule has 120 valence electrons. The number of nitriles is 1. The molecule has 9 heteroatoms. The average Bonchev–Trinajstić information content (AvgIpc) is 2.82. The van der Waals surface area contributed by atoms with Crippen LogP contribution in [0.3, 0.4) is 0 Å². The van der Waals surface area contributed by atoms with Gasteiger partial charge in [0.25, 0.3) is 0 Å². The van der Waals surface area contributed by atoms with Crippen LogP contribution in [0.1, 0.15) is 16.1 Å². The van der Waals surface area contributed by atoms with Crippen molar-refractivity contribution in [3.63, 3.8) is 0 Å². The summed E-state index contributed by atoms with van der Waals surface area (Å²) in [7, 11) is 1.12. The van der Waals surface area contributed by atoms with Crippen LogP contribution in [0.15, 0.2) is 30.5 Å². The van der Waals surface area contributed by atoms with Gasteiger partial charge in [-0.1, -0.05) is 6.07 Å². The Hall–Kier alpha value is -3.15. The number of carbonyl (C=O) groups excluding carboxylic acids is 1. The monoisotopic (exact) mass is 325 g/mol. The number of hydrogen-bond acceptors (Lipinski definition) is 5. The number of esters is 1. The van der Waals surface area contributed by atoms with E-state index in [0.29, 0.717) is 0 Å². The van der Waals surface area contributed by atoms with Crippen molar-refractivity contribution in [3.8, 4) is 17.5 Å². The quantitative estimate of drug-likeness (QED) is 0.876. The van der Waals surface area contributed by atoms with Crippen LogP contribution >= 0.6 is 0 Å². The first kappa shape index (κ1) is 16.2. The smallest absolute Gasteiger partial charge is 0.464 e. The Morgan fingerprint density at radius 1 is 1.39 bits per heavy atom. The predicted octanol–water partition coefficient (Wildman–Crippen LogP) is 2.62. The first-order valence-corrected chi connectivity index (χ1v) is 6.12. The summed E-state index contributed by atoms with van der Waals surface area (Å²) < 4.78 is 46.5. The summed E-state index contributed by atoms with van der Waals surface area (Å²) in [4.78, 5) is 11.8. The summed E-state index contributed by atoms with van der Waals surface area (Å²) in [6, 6.07) is 6.68. The molecule has 2 aromatic rings. The lowest BCUT2D eigenvalue weighted by atomic mass is 10.2. The Labute approximate surface area is 128 Å². The maximum atomic E-state index is 12.3. The molecule has 0 aliphatic carbocycles. The van der Waals surface area contributed by atoms with E-state index in [1.165, 1.54) is 22.9 Å². The van der Waals surface area contributed by atoms with Gasteiger partial charge in [0.2, 0.25) is 0 Å². The molecule has 0 atom stereocenters. The van der Waals surface area contributed by atoms with Crippen molar-refractivity contribution >= 4 is 11.7 Å². The van der Waals surface area contributed by atoms with Gasteiger partial charge in [-0.2, -0.15) is 5.26 Å². The number of benzene rings is 1. The second-order valence-electron chi connectivity index (χ2n) is 4.32. The maximum absolute atomic E-state index is 12.3. The molecule has 0 spiro atoms. The number of nitrogens with two attached hydrogens (primary N) is 1. The molecule has 0 bridgehead atoms. The fraction of sp³-hybridized carbons (Fsp3) is 0.143. The zero-order valence-corrected chi connectivity index (χ0v) is 11.7. The van der Waals surface area contributed by atoms with Crippen molar-refractivity contribution in [1.29, 1.82) is 5.26 Å². The van der Waals surface area contributed by atoms with E-state index < -0.39 is 18.1 Å². The van der Waals surface area contributed by atoms with E-state index >= 15 is 0 Å². The molecule has 2 rings (SSSR count). The fourth-order valence-corrected chi connectivity index (χ4v) is 1.95. The van der Waals surface area contributed by atoms with E-state index in [4.69, 9.17) is 11.0 Å². The molecule has 0 aliphatic heterocycles. The topological polar surface area (TPSA) is 90.3 Å². The van der Waals surface area contributed by atoms with Crippen molar-refractivity contribution in [3.05, 3.63) is 41.7 Å². The van der Waals surface area contributed by atoms with Gasteiger partial charge in [0.1, 0.15) is 11.8 Å². The summed E-state index contributed by atoms with van der Waals surface area (Å²) in [5, 5.41) is 9.00. The van der Waals surface area contributed by atoms with Gasteiger partial charge in [0.15, 0.2) is 5.69 Å². The number of halogens is 3. The van der Waals surface area contributed by atoms with Crippen LogP contribution in [-0.2, 0) is 4.74 Å². The highest BCUT2D eigenvalue weighted by molar-refractivity contribution is 5.95. The van der Waals surface area contributed by atoms with E-state index in [-0.39, 0.29) is 22.6 Å². The van der Waals surface area contributed by atoms with Gasteiger partial charge >= 0.3 is 12.3 Å². The highest BCUT2D eigenvalue weighted by Gasteiger charge is 2.31. The molecule has 6 nitrogen and oxygen atoms in total. The molecule has 2 N–H and O–H groups in total. The van der Waals surface area contributed by atoms with Gasteiger partial charge in [-0.15, -0.1) is 13.2 Å². The zero-order valence-electron chi connectivity index (χ0n) is 11.7. The van der Waals surface area contributed by atoms with Gasteiger partial charge in [-0.25, -0.2) is 4.79 Å². The van der Waals surface area contributed by atoms with Crippen LogP contribution in [0.2, 0.25) is 0 Å². The van der Waals surface area contributed by atoms with E-state index in [9.17, 15) is 18.0 Å². The average molecular weight is 325 g/mol. The lowest BCUT2D eigenvalue weighted by Gasteiger charge is -2.12. The van der Waals surface area contributed by atoms with Crippen molar-refractivity contribution in [2.24, 2.45) is 0 Å². The number of alkyl halides is 3. The highest BCUT2D eigenvalue weighted by Crippen LogP contribution is 2.28. The molecule has 0 amide bonds. The minimum atomic E-state index is -4.85. The van der Waals surface area contributed by atoms with Crippen molar-refractivity contribution < 1.29 is 27.4 Å². The van der Waals surface area contributed by atoms with Gasteiger partial charge in [0, 0.05) is 18.0 Å². The van der Waals surface area contributed by atoms with Crippen LogP contribution in [0, 0.1) is 11.3 Å².